The summed E-state index contributed by atoms with van der Waals surface area (Å²) < 4.78 is 24.1. The Morgan fingerprint density at radius 2 is 2.11 bits per heavy atom. The van der Waals surface area contributed by atoms with Crippen LogP contribution < -0.4 is 5.32 Å². The van der Waals surface area contributed by atoms with E-state index < -0.39 is 17.8 Å². The van der Waals surface area contributed by atoms with Crippen molar-refractivity contribution in [2.45, 2.75) is 25.3 Å². The first-order valence-corrected chi connectivity index (χ1v) is 9.54. The summed E-state index contributed by atoms with van der Waals surface area (Å²) in [7, 11) is 1.31. The summed E-state index contributed by atoms with van der Waals surface area (Å²) in [5, 5.41) is 4.72. The van der Waals surface area contributed by atoms with Gasteiger partial charge in [0, 0.05) is 17.7 Å². The molecule has 0 bridgehead atoms. The molecule has 1 atom stereocenters. The number of nitrogens with one attached hydrogen (secondary N) is 1. The van der Waals surface area contributed by atoms with Gasteiger partial charge >= 0.3 is 5.97 Å². The van der Waals surface area contributed by atoms with Crippen molar-refractivity contribution >= 4 is 23.2 Å². The number of benzene rings is 1. The van der Waals surface area contributed by atoms with Crippen molar-refractivity contribution in [2.24, 2.45) is 0 Å². The fourth-order valence-corrected chi connectivity index (χ4v) is 3.44. The maximum absolute atomic E-state index is 13.8. The smallest absolute Gasteiger partial charge is 0.307 e. The molecule has 1 amide bonds. The maximum Gasteiger partial charge on any atom is 0.307 e. The third-order valence-electron chi connectivity index (χ3n) is 4.08. The molecule has 0 saturated carbocycles. The highest BCUT2D eigenvalue weighted by Crippen LogP contribution is 2.24. The number of aryl methyl sites for hydroxylation is 1. The number of aromatic nitrogens is 1. The molecule has 0 spiro atoms. The minimum absolute atomic E-state index is 0.0547. The topological polar surface area (TPSA) is 81.4 Å². The quantitative estimate of drug-likeness (QED) is 0.578. The average Bonchev–Trinajstić information content (AvgIpc) is 3.38. The standard InChI is InChI=1S/C20H19FN2O4S/c1-26-20(25)11-15(17-7-4-10-28-17)23-18(24)8-9-19-22-12-16(27-19)13-5-2-3-6-14(13)21/h2-7,10,12,15H,8-9,11H2,1H3,(H,23,24). The highest BCUT2D eigenvalue weighted by Gasteiger charge is 2.20. The van der Waals surface area contributed by atoms with Crippen LogP contribution in [0.15, 0.2) is 52.4 Å². The first kappa shape index (κ1) is 19.8. The lowest BCUT2D eigenvalue weighted by Gasteiger charge is -2.16. The number of halogens is 1. The van der Waals surface area contributed by atoms with E-state index in [2.05, 4.69) is 10.3 Å². The summed E-state index contributed by atoms with van der Waals surface area (Å²) >= 11 is 1.45. The predicted molar refractivity (Wildman–Crippen MR) is 102 cm³/mol. The number of rotatable bonds is 8. The number of esters is 1. The molecule has 146 valence electrons. The summed E-state index contributed by atoms with van der Waals surface area (Å²) in [5.74, 6) is -0.386. The van der Waals surface area contributed by atoms with Crippen LogP contribution in [0.1, 0.15) is 29.7 Å². The van der Waals surface area contributed by atoms with Gasteiger partial charge in [-0.2, -0.15) is 0 Å². The van der Waals surface area contributed by atoms with Gasteiger partial charge < -0.3 is 14.5 Å². The molecule has 1 unspecified atom stereocenters. The molecule has 8 heteroatoms. The molecule has 0 saturated heterocycles. The predicted octanol–water partition coefficient (Wildman–Crippen LogP) is 3.90. The lowest BCUT2D eigenvalue weighted by Crippen LogP contribution is -2.30. The molecule has 1 aromatic carbocycles. The molecule has 0 aliphatic rings. The first-order valence-electron chi connectivity index (χ1n) is 8.66. The number of carbonyl (C=O) groups is 2. The molecule has 2 aromatic heterocycles. The third kappa shape index (κ3) is 5.04. The van der Waals surface area contributed by atoms with Gasteiger partial charge in [-0.3, -0.25) is 9.59 Å². The van der Waals surface area contributed by atoms with E-state index in [1.807, 2.05) is 17.5 Å². The fourth-order valence-electron chi connectivity index (χ4n) is 2.66. The number of amides is 1. The Balaban J connectivity index is 1.59. The van der Waals surface area contributed by atoms with Gasteiger partial charge in [-0.1, -0.05) is 18.2 Å². The van der Waals surface area contributed by atoms with Crippen molar-refractivity contribution in [2.75, 3.05) is 7.11 Å². The number of hydrogen-bond donors (Lipinski definition) is 1. The van der Waals surface area contributed by atoms with Crippen molar-refractivity contribution in [3.8, 4) is 11.3 Å². The van der Waals surface area contributed by atoms with Crippen LogP contribution in [-0.2, 0) is 20.7 Å². The van der Waals surface area contributed by atoms with E-state index >= 15 is 0 Å². The molecule has 1 N–H and O–H groups in total. The van der Waals surface area contributed by atoms with Crippen LogP contribution in [0.3, 0.4) is 0 Å². The molecular weight excluding hydrogens is 383 g/mol. The molecule has 6 nitrogen and oxygen atoms in total. The van der Waals surface area contributed by atoms with Crippen LogP contribution in [-0.4, -0.2) is 24.0 Å². The zero-order valence-electron chi connectivity index (χ0n) is 15.2. The van der Waals surface area contributed by atoms with Gasteiger partial charge in [0.2, 0.25) is 5.91 Å². The van der Waals surface area contributed by atoms with Crippen molar-refractivity contribution < 1.29 is 23.1 Å². The normalized spacial score (nSPS) is 11.8. The molecule has 3 rings (SSSR count). The Labute approximate surface area is 165 Å². The van der Waals surface area contributed by atoms with Gasteiger partial charge in [0.25, 0.3) is 0 Å². The summed E-state index contributed by atoms with van der Waals surface area (Å²) in [6.45, 7) is 0. The van der Waals surface area contributed by atoms with Crippen molar-refractivity contribution in [3.05, 3.63) is 64.6 Å². The van der Waals surface area contributed by atoms with Crippen molar-refractivity contribution in [3.63, 3.8) is 0 Å². The number of nitrogens with zero attached hydrogens (tertiary/aromatic N) is 1. The molecule has 0 aliphatic heterocycles. The van der Waals surface area contributed by atoms with Gasteiger partial charge in [-0.15, -0.1) is 11.3 Å². The van der Waals surface area contributed by atoms with Crippen LogP contribution in [0.5, 0.6) is 0 Å². The third-order valence-corrected chi connectivity index (χ3v) is 5.07. The molecule has 0 fully saturated rings. The maximum atomic E-state index is 13.8. The second-order valence-corrected chi connectivity index (χ2v) is 6.99. The van der Waals surface area contributed by atoms with Gasteiger partial charge in [0.05, 0.1) is 31.3 Å². The van der Waals surface area contributed by atoms with Crippen molar-refractivity contribution in [1.82, 2.24) is 10.3 Å². The second-order valence-electron chi connectivity index (χ2n) is 6.01. The Morgan fingerprint density at radius 3 is 2.82 bits per heavy atom. The molecule has 2 heterocycles. The lowest BCUT2D eigenvalue weighted by atomic mass is 10.1. The van der Waals surface area contributed by atoms with E-state index in [9.17, 15) is 14.0 Å². The van der Waals surface area contributed by atoms with E-state index in [1.165, 1.54) is 30.7 Å². The summed E-state index contributed by atoms with van der Waals surface area (Å²) in [6.07, 6.45) is 1.88. The number of hydrogen-bond acceptors (Lipinski definition) is 6. The SMILES string of the molecule is COC(=O)CC(NC(=O)CCc1ncc(-c2ccccc2F)o1)c1cccs1. The number of carbonyl (C=O) groups excluding carboxylic acids is 2. The van der Waals surface area contributed by atoms with Gasteiger partial charge in [0.1, 0.15) is 5.82 Å². The van der Waals surface area contributed by atoms with Crippen LogP contribution >= 0.6 is 11.3 Å². The van der Waals surface area contributed by atoms with Gasteiger partial charge in [-0.05, 0) is 23.6 Å². The number of ether oxygens (including phenoxy) is 1. The number of oxazole rings is 1. The van der Waals surface area contributed by atoms with Gasteiger partial charge in [-0.25, -0.2) is 9.37 Å². The highest BCUT2D eigenvalue weighted by molar-refractivity contribution is 7.10. The lowest BCUT2D eigenvalue weighted by molar-refractivity contribution is -0.141. The van der Waals surface area contributed by atoms with E-state index in [-0.39, 0.29) is 25.2 Å². The Bertz CT molecular complexity index is 939. The first-order chi connectivity index (χ1) is 13.6. The zero-order chi connectivity index (χ0) is 19.9. The van der Waals surface area contributed by atoms with Crippen molar-refractivity contribution in [1.29, 1.82) is 0 Å². The molecule has 0 aliphatic carbocycles. The van der Waals surface area contributed by atoms with Gasteiger partial charge in [0.15, 0.2) is 11.7 Å². The van der Waals surface area contributed by atoms with E-state index in [1.54, 1.807) is 18.2 Å². The average molecular weight is 402 g/mol. The van der Waals surface area contributed by atoms with E-state index in [4.69, 9.17) is 9.15 Å². The van der Waals surface area contributed by atoms with E-state index in [0.29, 0.717) is 17.2 Å². The van der Waals surface area contributed by atoms with Crippen LogP contribution in [0, 0.1) is 5.82 Å². The monoisotopic (exact) mass is 402 g/mol. The molecular formula is C20H19FN2O4S. The Kier molecular flexibility index (Phi) is 6.54. The van der Waals surface area contributed by atoms with Crippen LogP contribution in [0.25, 0.3) is 11.3 Å². The fraction of sp³-hybridized carbons (Fsp3) is 0.250. The minimum atomic E-state index is -0.446. The van der Waals surface area contributed by atoms with Crippen LogP contribution in [0.2, 0.25) is 0 Å². The number of methoxy groups -OCH3 is 1. The summed E-state index contributed by atoms with van der Waals surface area (Å²) in [4.78, 5) is 28.9. The highest BCUT2D eigenvalue weighted by atomic mass is 32.1. The second kappa shape index (κ2) is 9.27. The molecule has 0 radical (unpaired) electrons. The van der Waals surface area contributed by atoms with Crippen LogP contribution in [0.4, 0.5) is 4.39 Å². The Hall–Kier alpha value is -3.00. The van der Waals surface area contributed by atoms with E-state index in [0.717, 1.165) is 4.88 Å². The zero-order valence-corrected chi connectivity index (χ0v) is 16.0. The minimum Gasteiger partial charge on any atom is -0.469 e. The molecule has 28 heavy (non-hydrogen) atoms. The summed E-state index contributed by atoms with van der Waals surface area (Å²) in [6, 6.07) is 9.51. The largest absolute Gasteiger partial charge is 0.469 e. The number of thiophene rings is 1. The Morgan fingerprint density at radius 1 is 1.29 bits per heavy atom. The molecule has 3 aromatic rings. The summed E-state index contributed by atoms with van der Waals surface area (Å²) in [5.41, 5.74) is 0.321.